The molecule has 114 valence electrons. The zero-order valence-corrected chi connectivity index (χ0v) is 12.1. The van der Waals surface area contributed by atoms with E-state index >= 15 is 0 Å². The second kappa shape index (κ2) is 5.59. The van der Waals surface area contributed by atoms with Crippen LogP contribution in [0.15, 0.2) is 30.9 Å². The predicted octanol–water partition coefficient (Wildman–Crippen LogP) is 1.26. The predicted molar refractivity (Wildman–Crippen MR) is 77.8 cm³/mol. The van der Waals surface area contributed by atoms with Gasteiger partial charge in [0, 0.05) is 12.1 Å². The molecule has 22 heavy (non-hydrogen) atoms. The molecule has 0 spiro atoms. The molecular formula is C15H16N4O3. The molecular weight excluding hydrogens is 284 g/mol. The van der Waals surface area contributed by atoms with Crippen molar-refractivity contribution in [2.75, 3.05) is 6.54 Å². The Morgan fingerprint density at radius 2 is 2.18 bits per heavy atom. The van der Waals surface area contributed by atoms with Crippen molar-refractivity contribution in [2.24, 2.45) is 0 Å². The lowest BCUT2D eigenvalue weighted by Gasteiger charge is -2.21. The molecule has 7 nitrogen and oxygen atoms in total. The summed E-state index contributed by atoms with van der Waals surface area (Å²) in [6.45, 7) is 2.37. The molecule has 1 aliphatic rings. The van der Waals surface area contributed by atoms with Crippen LogP contribution >= 0.6 is 0 Å². The van der Waals surface area contributed by atoms with E-state index in [9.17, 15) is 14.7 Å². The number of benzene rings is 1. The van der Waals surface area contributed by atoms with Crippen LogP contribution in [-0.2, 0) is 4.79 Å². The number of amides is 1. The van der Waals surface area contributed by atoms with E-state index in [-0.39, 0.29) is 5.91 Å². The molecule has 7 heteroatoms. The summed E-state index contributed by atoms with van der Waals surface area (Å²) in [6, 6.07) is 4.53. The Hall–Kier alpha value is -2.70. The first kappa shape index (κ1) is 14.2. The Morgan fingerprint density at radius 3 is 2.82 bits per heavy atom. The number of rotatable bonds is 3. The van der Waals surface area contributed by atoms with Gasteiger partial charge in [-0.25, -0.2) is 14.5 Å². The average Bonchev–Trinajstić information content (AvgIpc) is 3.17. The van der Waals surface area contributed by atoms with Gasteiger partial charge in [-0.2, -0.15) is 5.10 Å². The molecule has 0 aliphatic carbocycles. The molecule has 3 rings (SSSR count). The van der Waals surface area contributed by atoms with Crippen LogP contribution in [0, 0.1) is 6.92 Å². The van der Waals surface area contributed by atoms with Gasteiger partial charge in [-0.3, -0.25) is 4.79 Å². The number of aliphatic carboxylic acids is 1. The summed E-state index contributed by atoms with van der Waals surface area (Å²) in [4.78, 5) is 29.1. The number of nitrogens with zero attached hydrogens (tertiary/aromatic N) is 4. The topological polar surface area (TPSA) is 88.3 Å². The maximum Gasteiger partial charge on any atom is 0.326 e. The quantitative estimate of drug-likeness (QED) is 0.922. The lowest BCUT2D eigenvalue weighted by molar-refractivity contribution is -0.141. The summed E-state index contributed by atoms with van der Waals surface area (Å²) < 4.78 is 1.62. The van der Waals surface area contributed by atoms with Gasteiger partial charge in [0.25, 0.3) is 5.91 Å². The minimum absolute atomic E-state index is 0.238. The van der Waals surface area contributed by atoms with Crippen LogP contribution in [0.5, 0.6) is 0 Å². The first-order valence-corrected chi connectivity index (χ1v) is 7.07. The van der Waals surface area contributed by atoms with Gasteiger partial charge in [0.2, 0.25) is 0 Å². The molecule has 2 heterocycles. The van der Waals surface area contributed by atoms with E-state index in [1.54, 1.807) is 29.2 Å². The molecule has 1 amide bonds. The largest absolute Gasteiger partial charge is 0.480 e. The highest BCUT2D eigenvalue weighted by atomic mass is 16.4. The number of aromatic nitrogens is 3. The number of hydrogen-bond donors (Lipinski definition) is 1. The number of aryl methyl sites for hydroxylation is 1. The summed E-state index contributed by atoms with van der Waals surface area (Å²) in [5, 5.41) is 13.3. The maximum absolute atomic E-state index is 12.5. The Labute approximate surface area is 127 Å². The Morgan fingerprint density at radius 1 is 1.36 bits per heavy atom. The van der Waals surface area contributed by atoms with E-state index in [0.717, 1.165) is 17.7 Å². The first-order valence-electron chi connectivity index (χ1n) is 7.07. The molecule has 2 aromatic rings. The standard InChI is InChI=1S/C15H16N4O3/c1-10-7-11(4-5-12(10)19-9-16-8-17-19)14(20)18-6-2-3-13(18)15(21)22/h4-5,7-9,13H,2-3,6H2,1H3,(H,21,22). The zero-order chi connectivity index (χ0) is 15.7. The van der Waals surface area contributed by atoms with Gasteiger partial charge in [-0.05, 0) is 43.5 Å². The molecule has 0 radical (unpaired) electrons. The van der Waals surface area contributed by atoms with E-state index < -0.39 is 12.0 Å². The van der Waals surface area contributed by atoms with Crippen LogP contribution in [0.4, 0.5) is 0 Å². The van der Waals surface area contributed by atoms with Gasteiger partial charge < -0.3 is 10.0 Å². The number of likely N-dealkylation sites (tertiary alicyclic amines) is 1. The van der Waals surface area contributed by atoms with Gasteiger partial charge >= 0.3 is 5.97 Å². The van der Waals surface area contributed by atoms with Gasteiger partial charge in [0.05, 0.1) is 5.69 Å². The summed E-state index contributed by atoms with van der Waals surface area (Å²) >= 11 is 0. The molecule has 0 saturated carbocycles. The highest BCUT2D eigenvalue weighted by molar-refractivity contribution is 5.97. The SMILES string of the molecule is Cc1cc(C(=O)N2CCCC2C(=O)O)ccc1-n1cncn1. The Bertz CT molecular complexity index is 712. The van der Waals surface area contributed by atoms with Crippen LogP contribution in [0.2, 0.25) is 0 Å². The van der Waals surface area contributed by atoms with Crippen molar-refractivity contribution >= 4 is 11.9 Å². The molecule has 1 aromatic heterocycles. The van der Waals surface area contributed by atoms with E-state index in [1.807, 2.05) is 6.92 Å². The van der Waals surface area contributed by atoms with Crippen LogP contribution in [0.3, 0.4) is 0 Å². The molecule has 1 aliphatic heterocycles. The van der Waals surface area contributed by atoms with Crippen molar-refractivity contribution in [1.82, 2.24) is 19.7 Å². The first-order chi connectivity index (χ1) is 10.6. The highest BCUT2D eigenvalue weighted by Gasteiger charge is 2.34. The van der Waals surface area contributed by atoms with Crippen LogP contribution in [-0.4, -0.2) is 49.2 Å². The second-order valence-electron chi connectivity index (χ2n) is 5.34. The summed E-state index contributed by atoms with van der Waals surface area (Å²) in [6.07, 6.45) is 4.26. The van der Waals surface area contributed by atoms with Crippen molar-refractivity contribution in [2.45, 2.75) is 25.8 Å². The fraction of sp³-hybridized carbons (Fsp3) is 0.333. The van der Waals surface area contributed by atoms with E-state index in [4.69, 9.17) is 0 Å². The number of carboxylic acids is 1. The minimum Gasteiger partial charge on any atom is -0.480 e. The third kappa shape index (κ3) is 2.45. The van der Waals surface area contributed by atoms with Crippen LogP contribution in [0.25, 0.3) is 5.69 Å². The number of carboxylic acid groups (broad SMARTS) is 1. The molecule has 1 aromatic carbocycles. The summed E-state index contributed by atoms with van der Waals surface area (Å²) in [7, 11) is 0. The van der Waals surface area contributed by atoms with Crippen molar-refractivity contribution in [1.29, 1.82) is 0 Å². The smallest absolute Gasteiger partial charge is 0.326 e. The lowest BCUT2D eigenvalue weighted by Crippen LogP contribution is -2.40. The average molecular weight is 300 g/mol. The third-order valence-electron chi connectivity index (χ3n) is 3.91. The van der Waals surface area contributed by atoms with Crippen molar-refractivity contribution in [3.8, 4) is 5.69 Å². The van der Waals surface area contributed by atoms with Crippen LogP contribution < -0.4 is 0 Å². The van der Waals surface area contributed by atoms with E-state index in [2.05, 4.69) is 10.1 Å². The molecule has 0 bridgehead atoms. The normalized spacial score (nSPS) is 17.7. The van der Waals surface area contributed by atoms with E-state index in [1.165, 1.54) is 11.2 Å². The number of hydrogen-bond acceptors (Lipinski definition) is 4. The maximum atomic E-state index is 12.5. The fourth-order valence-electron chi connectivity index (χ4n) is 2.81. The molecule has 1 N–H and O–H groups in total. The summed E-state index contributed by atoms with van der Waals surface area (Å²) in [5.74, 6) is -1.18. The minimum atomic E-state index is -0.943. The van der Waals surface area contributed by atoms with Crippen LogP contribution in [0.1, 0.15) is 28.8 Å². The van der Waals surface area contributed by atoms with E-state index in [0.29, 0.717) is 18.5 Å². The highest BCUT2D eigenvalue weighted by Crippen LogP contribution is 2.22. The third-order valence-corrected chi connectivity index (χ3v) is 3.91. The van der Waals surface area contributed by atoms with Crippen molar-refractivity contribution < 1.29 is 14.7 Å². The van der Waals surface area contributed by atoms with Gasteiger partial charge in [-0.15, -0.1) is 0 Å². The number of carbonyl (C=O) groups excluding carboxylic acids is 1. The molecule has 1 atom stereocenters. The molecule has 1 fully saturated rings. The molecule has 1 unspecified atom stereocenters. The number of carbonyl (C=O) groups is 2. The monoisotopic (exact) mass is 300 g/mol. The van der Waals surface area contributed by atoms with Crippen molar-refractivity contribution in [3.05, 3.63) is 42.0 Å². The fourth-order valence-corrected chi connectivity index (χ4v) is 2.81. The van der Waals surface area contributed by atoms with Gasteiger partial charge in [0.15, 0.2) is 0 Å². The lowest BCUT2D eigenvalue weighted by atomic mass is 10.1. The zero-order valence-electron chi connectivity index (χ0n) is 12.1. The van der Waals surface area contributed by atoms with Gasteiger partial charge in [0.1, 0.15) is 18.7 Å². The summed E-state index contributed by atoms with van der Waals surface area (Å²) in [5.41, 5.74) is 2.21. The second-order valence-corrected chi connectivity index (χ2v) is 5.34. The van der Waals surface area contributed by atoms with Crippen molar-refractivity contribution in [3.63, 3.8) is 0 Å². The molecule has 1 saturated heterocycles. The van der Waals surface area contributed by atoms with Gasteiger partial charge in [-0.1, -0.05) is 0 Å². The Balaban J connectivity index is 1.88. The Kier molecular flexibility index (Phi) is 3.62.